The summed E-state index contributed by atoms with van der Waals surface area (Å²) in [5, 5.41) is 1.90. The molecule has 2 saturated heterocycles. The summed E-state index contributed by atoms with van der Waals surface area (Å²) in [4.78, 5) is 11.7. The van der Waals surface area contributed by atoms with Gasteiger partial charge < -0.3 is 9.80 Å². The molecule has 2 fully saturated rings. The maximum atomic E-state index is 6.20. The summed E-state index contributed by atoms with van der Waals surface area (Å²) in [6, 6.07) is 0. The van der Waals surface area contributed by atoms with Crippen molar-refractivity contribution >= 4 is 127 Å². The standard InChI is InChI=1S/C30H40N2S8/c1-29(2,18-33)12-7-5-6-8-19(34)9-13-30(3,4)28(31-24(35)16-22-20(26(31)37)10-14-39-22)32-25(36)17-23-21(27(32)38)11-15-40-23/h16-18,20-21,28H,5-15H2,1-4H3. The highest BCUT2D eigenvalue weighted by molar-refractivity contribution is 8.03. The molecule has 0 aromatic carbocycles. The molecule has 0 N–H and O–H groups in total. The molecule has 0 amide bonds. The van der Waals surface area contributed by atoms with Crippen LogP contribution in [0.5, 0.6) is 0 Å². The monoisotopic (exact) mass is 684 g/mol. The van der Waals surface area contributed by atoms with Crippen LogP contribution in [0.4, 0.5) is 0 Å². The Balaban J connectivity index is 1.51. The third kappa shape index (κ3) is 7.51. The highest BCUT2D eigenvalue weighted by atomic mass is 32.2. The molecule has 4 heterocycles. The number of unbranched alkanes of at least 4 members (excludes halogenated alkanes) is 2. The average Bonchev–Trinajstić information content (AvgIpc) is 3.56. The van der Waals surface area contributed by atoms with E-state index in [0.29, 0.717) is 0 Å². The Kier molecular flexibility index (Phi) is 11.6. The van der Waals surface area contributed by atoms with Crippen molar-refractivity contribution < 1.29 is 0 Å². The highest BCUT2D eigenvalue weighted by Crippen LogP contribution is 2.47. The van der Waals surface area contributed by atoms with Crippen molar-refractivity contribution in [1.82, 2.24) is 9.80 Å². The van der Waals surface area contributed by atoms with E-state index < -0.39 is 0 Å². The first-order chi connectivity index (χ1) is 18.9. The van der Waals surface area contributed by atoms with Crippen LogP contribution in [0.15, 0.2) is 22.0 Å². The van der Waals surface area contributed by atoms with E-state index in [0.717, 1.165) is 81.3 Å². The van der Waals surface area contributed by atoms with Crippen molar-refractivity contribution in [2.24, 2.45) is 22.7 Å². The number of thioether (sulfide) groups is 2. The molecule has 0 bridgehead atoms. The van der Waals surface area contributed by atoms with Gasteiger partial charge in [-0.2, -0.15) is 0 Å². The van der Waals surface area contributed by atoms with Crippen molar-refractivity contribution in [3.63, 3.8) is 0 Å². The van der Waals surface area contributed by atoms with E-state index in [1.165, 1.54) is 22.7 Å². The van der Waals surface area contributed by atoms with Gasteiger partial charge in [0, 0.05) is 17.3 Å². The van der Waals surface area contributed by atoms with Crippen molar-refractivity contribution in [3.8, 4) is 0 Å². The maximum Gasteiger partial charge on any atom is 0.119 e. The number of nitrogens with zero attached hydrogens (tertiary/aromatic N) is 2. The van der Waals surface area contributed by atoms with Crippen LogP contribution >= 0.6 is 96.8 Å². The third-order valence-electron chi connectivity index (χ3n) is 8.45. The van der Waals surface area contributed by atoms with Gasteiger partial charge in [0.05, 0.1) is 9.98 Å². The molecular formula is C30H40N2S8. The molecule has 0 spiro atoms. The van der Waals surface area contributed by atoms with Crippen molar-refractivity contribution in [1.29, 1.82) is 0 Å². The second-order valence-electron chi connectivity index (χ2n) is 12.6. The minimum Gasteiger partial charge on any atom is -0.304 e. The molecule has 10 heteroatoms. The van der Waals surface area contributed by atoms with Crippen LogP contribution in [-0.2, 0) is 0 Å². The summed E-state index contributed by atoms with van der Waals surface area (Å²) in [6.07, 6.45) is 13.8. The summed E-state index contributed by atoms with van der Waals surface area (Å²) >= 11 is 39.3. The van der Waals surface area contributed by atoms with Crippen molar-refractivity contribution in [2.45, 2.75) is 91.6 Å². The largest absolute Gasteiger partial charge is 0.304 e. The fraction of sp³-hybridized carbons (Fsp3) is 0.667. The van der Waals surface area contributed by atoms with Crippen LogP contribution in [0.2, 0.25) is 0 Å². The summed E-state index contributed by atoms with van der Waals surface area (Å²) in [7, 11) is 0. The van der Waals surface area contributed by atoms with E-state index >= 15 is 0 Å². The Hall–Kier alpha value is 0.320. The Morgan fingerprint density at radius 3 is 1.88 bits per heavy atom. The molecule has 2 nitrogen and oxygen atoms in total. The predicted octanol–water partition coefficient (Wildman–Crippen LogP) is 9.68. The minimum absolute atomic E-state index is 0.139. The minimum atomic E-state index is -0.218. The molecule has 40 heavy (non-hydrogen) atoms. The van der Waals surface area contributed by atoms with Crippen LogP contribution in [-0.4, -0.2) is 57.7 Å². The Morgan fingerprint density at radius 1 is 0.850 bits per heavy atom. The molecule has 0 saturated carbocycles. The van der Waals surface area contributed by atoms with Crippen LogP contribution in [0.25, 0.3) is 0 Å². The van der Waals surface area contributed by atoms with E-state index in [2.05, 4.69) is 49.6 Å². The van der Waals surface area contributed by atoms with Gasteiger partial charge in [-0.05, 0) is 94.1 Å². The molecule has 4 aliphatic heterocycles. The Morgan fingerprint density at radius 2 is 1.38 bits per heavy atom. The van der Waals surface area contributed by atoms with Crippen LogP contribution in [0, 0.1) is 22.7 Å². The van der Waals surface area contributed by atoms with Crippen LogP contribution in [0.1, 0.15) is 85.5 Å². The number of hydrogen-bond acceptors (Lipinski definition) is 8. The lowest BCUT2D eigenvalue weighted by Crippen LogP contribution is -2.64. The molecule has 0 aromatic rings. The second-order valence-corrected chi connectivity index (χ2v) is 17.5. The van der Waals surface area contributed by atoms with Crippen LogP contribution < -0.4 is 0 Å². The topological polar surface area (TPSA) is 6.48 Å². The number of fused-ring (bicyclic) bond motifs is 2. The number of thiocarbonyl (C=S) groups is 6. The zero-order valence-electron chi connectivity index (χ0n) is 23.9. The van der Waals surface area contributed by atoms with E-state index in [1.807, 2.05) is 28.9 Å². The second kappa shape index (κ2) is 14.0. The van der Waals surface area contributed by atoms with Gasteiger partial charge in [-0.25, -0.2) is 0 Å². The van der Waals surface area contributed by atoms with Crippen LogP contribution in [0.3, 0.4) is 0 Å². The molecule has 4 rings (SSSR count). The summed E-state index contributed by atoms with van der Waals surface area (Å²) in [6.45, 7) is 9.06. The fourth-order valence-electron chi connectivity index (χ4n) is 5.94. The van der Waals surface area contributed by atoms with Gasteiger partial charge in [-0.1, -0.05) is 114 Å². The molecule has 0 aromatic heterocycles. The SMILES string of the molecule is CC(C)(C=S)CCCCCC(=S)CCC(C)(C)C(N1C(=S)C=C2SCCC2C1=S)N1C(=S)C=C2SCCC2C1=S. The molecule has 2 unspecified atom stereocenters. The average molecular weight is 685 g/mol. The lowest BCUT2D eigenvalue weighted by Gasteiger charge is -2.52. The molecular weight excluding hydrogens is 645 g/mol. The summed E-state index contributed by atoms with van der Waals surface area (Å²) < 4.78 is 0. The van der Waals surface area contributed by atoms with E-state index in [1.54, 1.807) is 0 Å². The van der Waals surface area contributed by atoms with Gasteiger partial charge in [-0.15, -0.1) is 23.5 Å². The maximum absolute atomic E-state index is 6.20. The molecule has 0 radical (unpaired) electrons. The van der Waals surface area contributed by atoms with E-state index in [-0.39, 0.29) is 28.8 Å². The number of hydrogen-bond donors (Lipinski definition) is 0. The zero-order valence-corrected chi connectivity index (χ0v) is 30.4. The van der Waals surface area contributed by atoms with Gasteiger partial charge >= 0.3 is 0 Å². The molecule has 218 valence electrons. The first-order valence-corrected chi connectivity index (χ1v) is 18.8. The quantitative estimate of drug-likeness (QED) is 0.136. The molecule has 2 atom stereocenters. The smallest absolute Gasteiger partial charge is 0.119 e. The Bertz CT molecular complexity index is 1090. The van der Waals surface area contributed by atoms with Gasteiger partial charge in [0.2, 0.25) is 0 Å². The fourth-order valence-corrected chi connectivity index (χ4v) is 10.7. The summed E-state index contributed by atoms with van der Waals surface area (Å²) in [5.74, 6) is 2.69. The van der Waals surface area contributed by atoms with Gasteiger partial charge in [-0.3, -0.25) is 0 Å². The van der Waals surface area contributed by atoms with Gasteiger partial charge in [0.25, 0.3) is 0 Å². The first-order valence-electron chi connectivity index (χ1n) is 14.3. The highest BCUT2D eigenvalue weighted by Gasteiger charge is 2.49. The third-order valence-corrected chi connectivity index (χ3v) is 13.4. The van der Waals surface area contributed by atoms with E-state index in [9.17, 15) is 0 Å². The normalized spacial score (nSPS) is 24.1. The molecule has 4 aliphatic rings. The van der Waals surface area contributed by atoms with E-state index in [4.69, 9.17) is 73.3 Å². The predicted molar refractivity (Wildman–Crippen MR) is 201 cm³/mol. The Labute approximate surface area is 282 Å². The lowest BCUT2D eigenvalue weighted by molar-refractivity contribution is 0.113. The first kappa shape index (κ1) is 33.2. The van der Waals surface area contributed by atoms with Gasteiger partial charge in [0.1, 0.15) is 16.1 Å². The van der Waals surface area contributed by atoms with Crippen molar-refractivity contribution in [3.05, 3.63) is 22.0 Å². The molecule has 0 aliphatic carbocycles. The lowest BCUT2D eigenvalue weighted by atomic mass is 9.80. The van der Waals surface area contributed by atoms with Crippen molar-refractivity contribution in [2.75, 3.05) is 11.5 Å². The van der Waals surface area contributed by atoms with Gasteiger partial charge in [0.15, 0.2) is 0 Å². The number of rotatable bonds is 13. The summed E-state index contributed by atoms with van der Waals surface area (Å²) in [5.41, 5.74) is -0.0792. The zero-order chi connectivity index (χ0) is 29.2.